The van der Waals surface area contributed by atoms with E-state index < -0.39 is 24.1 Å². The van der Waals surface area contributed by atoms with E-state index in [-0.39, 0.29) is 6.54 Å². The second-order valence-electron chi connectivity index (χ2n) is 3.12. The van der Waals surface area contributed by atoms with E-state index in [4.69, 9.17) is 5.73 Å². The summed E-state index contributed by atoms with van der Waals surface area (Å²) in [5.74, 6) is -0.874. The Kier molecular flexibility index (Phi) is 3.53. The molecule has 0 aliphatic heterocycles. The lowest BCUT2D eigenvalue weighted by Crippen LogP contribution is -2.50. The Morgan fingerprint density at radius 1 is 1.33 bits per heavy atom. The zero-order chi connectivity index (χ0) is 9.99. The SMILES string of the molecule is CC(C)C(O)(CCN)C(F)(F)F. The van der Waals surface area contributed by atoms with Gasteiger partial charge in [0.2, 0.25) is 0 Å². The van der Waals surface area contributed by atoms with E-state index in [1.807, 2.05) is 0 Å². The lowest BCUT2D eigenvalue weighted by atomic mass is 9.86. The molecule has 0 aromatic rings. The lowest BCUT2D eigenvalue weighted by Gasteiger charge is -2.33. The highest BCUT2D eigenvalue weighted by Crippen LogP contribution is 2.38. The van der Waals surface area contributed by atoms with Crippen molar-refractivity contribution in [2.75, 3.05) is 6.54 Å². The molecular weight excluding hydrogens is 171 g/mol. The Morgan fingerprint density at radius 3 is 1.83 bits per heavy atom. The number of alkyl halides is 3. The van der Waals surface area contributed by atoms with E-state index in [9.17, 15) is 18.3 Å². The van der Waals surface area contributed by atoms with Crippen molar-refractivity contribution in [2.24, 2.45) is 11.7 Å². The molecule has 3 N–H and O–H groups in total. The number of aliphatic hydroxyl groups is 1. The van der Waals surface area contributed by atoms with Gasteiger partial charge in [-0.2, -0.15) is 13.2 Å². The van der Waals surface area contributed by atoms with E-state index in [2.05, 4.69) is 0 Å². The van der Waals surface area contributed by atoms with Gasteiger partial charge in [0, 0.05) is 0 Å². The summed E-state index contributed by atoms with van der Waals surface area (Å²) < 4.78 is 36.7. The first-order valence-corrected chi connectivity index (χ1v) is 3.75. The molecule has 0 heterocycles. The summed E-state index contributed by atoms with van der Waals surface area (Å²) in [6, 6.07) is 0. The molecule has 0 aliphatic carbocycles. The Balaban J connectivity index is 4.62. The topological polar surface area (TPSA) is 46.2 Å². The van der Waals surface area contributed by atoms with Gasteiger partial charge >= 0.3 is 6.18 Å². The fourth-order valence-electron chi connectivity index (χ4n) is 0.978. The van der Waals surface area contributed by atoms with Crippen LogP contribution in [-0.2, 0) is 0 Å². The van der Waals surface area contributed by atoms with Crippen LogP contribution in [0.3, 0.4) is 0 Å². The fourth-order valence-corrected chi connectivity index (χ4v) is 0.978. The van der Waals surface area contributed by atoms with Crippen LogP contribution in [-0.4, -0.2) is 23.4 Å². The van der Waals surface area contributed by atoms with Crippen LogP contribution in [0.15, 0.2) is 0 Å². The van der Waals surface area contributed by atoms with Crippen molar-refractivity contribution >= 4 is 0 Å². The quantitative estimate of drug-likeness (QED) is 0.695. The highest BCUT2D eigenvalue weighted by atomic mass is 19.4. The first-order valence-electron chi connectivity index (χ1n) is 3.75. The normalized spacial score (nSPS) is 18.0. The average molecular weight is 185 g/mol. The molecule has 0 radical (unpaired) electrons. The lowest BCUT2D eigenvalue weighted by molar-refractivity contribution is -0.277. The van der Waals surface area contributed by atoms with Crippen LogP contribution in [0, 0.1) is 5.92 Å². The van der Waals surface area contributed by atoms with Crippen molar-refractivity contribution in [1.29, 1.82) is 0 Å². The van der Waals surface area contributed by atoms with E-state index >= 15 is 0 Å². The Bertz CT molecular complexity index is 146. The van der Waals surface area contributed by atoms with Crippen LogP contribution in [0.2, 0.25) is 0 Å². The minimum absolute atomic E-state index is 0.172. The monoisotopic (exact) mass is 185 g/mol. The zero-order valence-corrected chi connectivity index (χ0v) is 7.15. The highest BCUT2D eigenvalue weighted by Gasteiger charge is 2.54. The standard InChI is InChI=1S/C7H14F3NO/c1-5(2)6(12,3-4-11)7(8,9)10/h5,12H,3-4,11H2,1-2H3. The van der Waals surface area contributed by atoms with Gasteiger partial charge in [-0.25, -0.2) is 0 Å². The maximum Gasteiger partial charge on any atom is 0.417 e. The Hall–Kier alpha value is -0.290. The molecule has 12 heavy (non-hydrogen) atoms. The van der Waals surface area contributed by atoms with Crippen molar-refractivity contribution < 1.29 is 18.3 Å². The van der Waals surface area contributed by atoms with Crippen molar-refractivity contribution in [1.82, 2.24) is 0 Å². The van der Waals surface area contributed by atoms with Crippen LogP contribution in [0.25, 0.3) is 0 Å². The minimum Gasteiger partial charge on any atom is -0.380 e. The van der Waals surface area contributed by atoms with Crippen LogP contribution in [0.1, 0.15) is 20.3 Å². The molecule has 1 atom stereocenters. The third-order valence-electron chi connectivity index (χ3n) is 1.97. The molecule has 2 nitrogen and oxygen atoms in total. The van der Waals surface area contributed by atoms with Crippen LogP contribution >= 0.6 is 0 Å². The maximum absolute atomic E-state index is 12.2. The summed E-state index contributed by atoms with van der Waals surface area (Å²) in [6.45, 7) is 2.47. The molecule has 1 unspecified atom stereocenters. The summed E-state index contributed by atoms with van der Waals surface area (Å²) in [5, 5.41) is 9.22. The van der Waals surface area contributed by atoms with E-state index in [0.29, 0.717) is 0 Å². The van der Waals surface area contributed by atoms with Gasteiger partial charge in [0.05, 0.1) is 0 Å². The van der Waals surface area contributed by atoms with Crippen molar-refractivity contribution in [3.05, 3.63) is 0 Å². The van der Waals surface area contributed by atoms with E-state index in [0.717, 1.165) is 0 Å². The van der Waals surface area contributed by atoms with Gasteiger partial charge in [-0.15, -0.1) is 0 Å². The van der Waals surface area contributed by atoms with Gasteiger partial charge < -0.3 is 10.8 Å². The summed E-state index contributed by atoms with van der Waals surface area (Å²) >= 11 is 0. The molecule has 0 spiro atoms. The molecular formula is C7H14F3NO. The predicted octanol–water partition coefficient (Wildman–Crippen LogP) is 1.28. The summed E-state index contributed by atoms with van der Waals surface area (Å²) in [4.78, 5) is 0. The third kappa shape index (κ3) is 2.10. The molecule has 0 bridgehead atoms. The van der Waals surface area contributed by atoms with Gasteiger partial charge in [0.1, 0.15) is 0 Å². The summed E-state index contributed by atoms with van der Waals surface area (Å²) in [6.07, 6.45) is -5.05. The average Bonchev–Trinajstić information content (AvgIpc) is 1.85. The number of rotatable bonds is 3. The number of hydrogen-bond acceptors (Lipinski definition) is 2. The van der Waals surface area contributed by atoms with E-state index in [1.54, 1.807) is 0 Å². The molecule has 74 valence electrons. The Morgan fingerprint density at radius 2 is 1.75 bits per heavy atom. The smallest absolute Gasteiger partial charge is 0.380 e. The van der Waals surface area contributed by atoms with Crippen LogP contribution in [0.5, 0.6) is 0 Å². The maximum atomic E-state index is 12.2. The van der Waals surface area contributed by atoms with Crippen LogP contribution in [0.4, 0.5) is 13.2 Å². The first-order chi connectivity index (χ1) is 5.25. The molecule has 0 saturated heterocycles. The van der Waals surface area contributed by atoms with Gasteiger partial charge in [0.15, 0.2) is 5.60 Å². The second kappa shape index (κ2) is 3.62. The van der Waals surface area contributed by atoms with Gasteiger partial charge in [-0.1, -0.05) is 13.8 Å². The van der Waals surface area contributed by atoms with Gasteiger partial charge in [-0.3, -0.25) is 0 Å². The van der Waals surface area contributed by atoms with Crippen molar-refractivity contribution in [2.45, 2.75) is 32.0 Å². The molecule has 0 aromatic heterocycles. The Labute approximate surface area is 69.6 Å². The third-order valence-corrected chi connectivity index (χ3v) is 1.97. The summed E-state index contributed by atoms with van der Waals surface area (Å²) in [5.41, 5.74) is 2.35. The zero-order valence-electron chi connectivity index (χ0n) is 7.15. The number of hydrogen-bond donors (Lipinski definition) is 2. The molecule has 0 saturated carbocycles. The first kappa shape index (κ1) is 11.7. The summed E-state index contributed by atoms with van der Waals surface area (Å²) in [7, 11) is 0. The van der Waals surface area contributed by atoms with Gasteiger partial charge in [-0.05, 0) is 18.9 Å². The molecule has 0 fully saturated rings. The molecule has 0 amide bonds. The van der Waals surface area contributed by atoms with Crippen molar-refractivity contribution in [3.63, 3.8) is 0 Å². The molecule has 0 rings (SSSR count). The number of nitrogens with two attached hydrogens (primary N) is 1. The second-order valence-corrected chi connectivity index (χ2v) is 3.12. The predicted molar refractivity (Wildman–Crippen MR) is 39.5 cm³/mol. The fraction of sp³-hybridized carbons (Fsp3) is 1.00. The molecule has 5 heteroatoms. The minimum atomic E-state index is -4.60. The number of halogens is 3. The highest BCUT2D eigenvalue weighted by molar-refractivity contribution is 4.89. The largest absolute Gasteiger partial charge is 0.417 e. The van der Waals surface area contributed by atoms with Crippen molar-refractivity contribution in [3.8, 4) is 0 Å². The molecule has 0 aliphatic rings. The molecule has 0 aromatic carbocycles. The van der Waals surface area contributed by atoms with Crippen LogP contribution < -0.4 is 5.73 Å². The van der Waals surface area contributed by atoms with E-state index in [1.165, 1.54) is 13.8 Å². The van der Waals surface area contributed by atoms with Gasteiger partial charge in [0.25, 0.3) is 0 Å².